The molecule has 0 aromatic carbocycles. The molecule has 0 saturated carbocycles. The number of hydrogen-bond donors (Lipinski definition) is 0. The molecule has 2 nitrogen and oxygen atoms in total. The normalized spacial score (nSPS) is 27.8. The lowest BCUT2D eigenvalue weighted by atomic mass is 10.2. The number of hydrogen-bond acceptors (Lipinski definition) is 2. The van der Waals surface area contributed by atoms with E-state index in [9.17, 15) is 4.21 Å². The molecule has 1 fully saturated rings. The van der Waals surface area contributed by atoms with Gasteiger partial charge in [-0.15, -0.1) is 6.58 Å². The Labute approximate surface area is 96.2 Å². The Balaban J connectivity index is 2.06. The van der Waals surface area contributed by atoms with Gasteiger partial charge >= 0.3 is 0 Å². The van der Waals surface area contributed by atoms with E-state index in [-0.39, 0.29) is 0 Å². The summed E-state index contributed by atoms with van der Waals surface area (Å²) < 4.78 is 11.4. The summed E-state index contributed by atoms with van der Waals surface area (Å²) in [6.45, 7) is 9.05. The molecular weight excluding hydrogens is 206 g/mol. The Morgan fingerprint density at radius 2 is 2.27 bits per heavy atom. The van der Waals surface area contributed by atoms with Crippen LogP contribution in [0, 0.1) is 0 Å². The van der Waals surface area contributed by atoms with Crippen LogP contribution in [0.4, 0.5) is 0 Å². The van der Waals surface area contributed by atoms with Gasteiger partial charge in [0.25, 0.3) is 0 Å². The van der Waals surface area contributed by atoms with E-state index in [2.05, 4.69) is 18.4 Å². The molecule has 0 radical (unpaired) electrons. The molecule has 15 heavy (non-hydrogen) atoms. The van der Waals surface area contributed by atoms with Crippen LogP contribution in [0.25, 0.3) is 0 Å². The van der Waals surface area contributed by atoms with E-state index in [0.29, 0.717) is 5.25 Å². The third kappa shape index (κ3) is 4.94. The molecule has 0 amide bonds. The van der Waals surface area contributed by atoms with Crippen molar-refractivity contribution in [1.82, 2.24) is 4.90 Å². The predicted molar refractivity (Wildman–Crippen MR) is 67.6 cm³/mol. The highest BCUT2D eigenvalue weighted by Gasteiger charge is 2.21. The first-order valence-corrected chi connectivity index (χ1v) is 7.32. The zero-order valence-corrected chi connectivity index (χ0v) is 10.6. The van der Waals surface area contributed by atoms with E-state index in [1.807, 2.05) is 6.08 Å². The SMILES string of the molecule is C=CCCCCCN1CC[S@@](=O)[C@H](C)C1. The second kappa shape index (κ2) is 7.18. The van der Waals surface area contributed by atoms with Crippen molar-refractivity contribution >= 4 is 10.8 Å². The topological polar surface area (TPSA) is 20.3 Å². The minimum Gasteiger partial charge on any atom is -0.301 e. The average molecular weight is 229 g/mol. The van der Waals surface area contributed by atoms with Gasteiger partial charge in [-0.25, -0.2) is 0 Å². The summed E-state index contributed by atoms with van der Waals surface area (Å²) in [4.78, 5) is 2.46. The largest absolute Gasteiger partial charge is 0.301 e. The first kappa shape index (κ1) is 12.9. The Kier molecular flexibility index (Phi) is 6.18. The van der Waals surface area contributed by atoms with Gasteiger partial charge in [-0.3, -0.25) is 4.21 Å². The Hall–Kier alpha value is -0.150. The van der Waals surface area contributed by atoms with Gasteiger partial charge in [-0.05, 0) is 32.7 Å². The van der Waals surface area contributed by atoms with E-state index in [1.54, 1.807) is 0 Å². The lowest BCUT2D eigenvalue weighted by molar-refractivity contribution is 0.276. The molecule has 88 valence electrons. The molecule has 2 atom stereocenters. The Bertz CT molecular complexity index is 218. The van der Waals surface area contributed by atoms with E-state index in [4.69, 9.17) is 0 Å². The predicted octanol–water partition coefficient (Wildman–Crippen LogP) is 2.19. The first-order valence-electron chi connectivity index (χ1n) is 5.94. The lowest BCUT2D eigenvalue weighted by Gasteiger charge is -2.30. The fourth-order valence-corrected chi connectivity index (χ4v) is 3.18. The van der Waals surface area contributed by atoms with Crippen LogP contribution in [-0.2, 0) is 10.8 Å². The summed E-state index contributed by atoms with van der Waals surface area (Å²) in [5, 5.41) is 0.368. The van der Waals surface area contributed by atoms with Crippen LogP contribution in [0.3, 0.4) is 0 Å². The van der Waals surface area contributed by atoms with Gasteiger partial charge in [0.05, 0.1) is 0 Å². The molecular formula is C12H23NOS. The summed E-state index contributed by atoms with van der Waals surface area (Å²) in [5.74, 6) is 0.869. The Morgan fingerprint density at radius 3 is 2.93 bits per heavy atom. The summed E-state index contributed by atoms with van der Waals surface area (Å²) >= 11 is 0. The lowest BCUT2D eigenvalue weighted by Crippen LogP contribution is -2.42. The standard InChI is InChI=1S/C12H23NOS/c1-3-4-5-6-7-8-13-9-10-15(14)12(2)11-13/h3,12H,1,4-11H2,2H3/t12-,15-/m1/s1. The van der Waals surface area contributed by atoms with E-state index >= 15 is 0 Å². The summed E-state index contributed by atoms with van der Waals surface area (Å²) in [6.07, 6.45) is 6.96. The molecule has 0 N–H and O–H groups in total. The zero-order chi connectivity index (χ0) is 11.1. The van der Waals surface area contributed by atoms with Crippen molar-refractivity contribution in [1.29, 1.82) is 0 Å². The molecule has 1 rings (SSSR count). The summed E-state index contributed by atoms with van der Waals surface area (Å²) in [6, 6.07) is 0. The highest BCUT2D eigenvalue weighted by molar-refractivity contribution is 7.85. The fourth-order valence-electron chi connectivity index (χ4n) is 1.96. The van der Waals surface area contributed by atoms with Crippen molar-refractivity contribution in [3.05, 3.63) is 12.7 Å². The number of allylic oxidation sites excluding steroid dienone is 1. The smallest absolute Gasteiger partial charge is 0.0447 e. The third-order valence-corrected chi connectivity index (χ3v) is 4.59. The summed E-state index contributed by atoms with van der Waals surface area (Å²) in [5.41, 5.74) is 0. The van der Waals surface area contributed by atoms with Crippen molar-refractivity contribution < 1.29 is 4.21 Å². The van der Waals surface area contributed by atoms with Crippen molar-refractivity contribution in [2.45, 2.75) is 37.9 Å². The molecule has 1 saturated heterocycles. The van der Waals surface area contributed by atoms with Gasteiger partial charge in [0.15, 0.2) is 0 Å². The molecule has 1 aliphatic rings. The van der Waals surface area contributed by atoms with Crippen LogP contribution in [0.5, 0.6) is 0 Å². The molecule has 0 unspecified atom stereocenters. The minimum atomic E-state index is -0.571. The average Bonchev–Trinajstić information content (AvgIpc) is 2.23. The van der Waals surface area contributed by atoms with Gasteiger partial charge < -0.3 is 4.90 Å². The van der Waals surface area contributed by atoms with Gasteiger partial charge in [0.2, 0.25) is 0 Å². The van der Waals surface area contributed by atoms with Crippen molar-refractivity contribution in [2.75, 3.05) is 25.4 Å². The molecule has 0 aromatic heterocycles. The quantitative estimate of drug-likeness (QED) is 0.514. The van der Waals surface area contributed by atoms with Crippen LogP contribution in [0.2, 0.25) is 0 Å². The van der Waals surface area contributed by atoms with Crippen LogP contribution < -0.4 is 0 Å². The van der Waals surface area contributed by atoms with E-state index < -0.39 is 10.8 Å². The molecule has 1 heterocycles. The maximum atomic E-state index is 11.4. The zero-order valence-electron chi connectivity index (χ0n) is 9.78. The van der Waals surface area contributed by atoms with E-state index in [1.165, 1.54) is 25.8 Å². The van der Waals surface area contributed by atoms with Crippen LogP contribution in [-0.4, -0.2) is 39.7 Å². The number of unbranched alkanes of at least 4 members (excludes halogenated alkanes) is 3. The van der Waals surface area contributed by atoms with Gasteiger partial charge in [-0.1, -0.05) is 12.5 Å². The molecule has 3 heteroatoms. The van der Waals surface area contributed by atoms with Gasteiger partial charge in [-0.2, -0.15) is 0 Å². The Morgan fingerprint density at radius 1 is 1.47 bits per heavy atom. The molecule has 0 bridgehead atoms. The van der Waals surface area contributed by atoms with Gasteiger partial charge in [0.1, 0.15) is 0 Å². The number of nitrogens with zero attached hydrogens (tertiary/aromatic N) is 1. The summed E-state index contributed by atoms with van der Waals surface area (Å²) in [7, 11) is -0.571. The van der Waals surface area contributed by atoms with E-state index in [0.717, 1.165) is 25.3 Å². The van der Waals surface area contributed by atoms with Crippen LogP contribution >= 0.6 is 0 Å². The molecule has 1 aliphatic heterocycles. The highest BCUT2D eigenvalue weighted by atomic mass is 32.2. The first-order chi connectivity index (χ1) is 7.24. The second-order valence-electron chi connectivity index (χ2n) is 4.33. The third-order valence-electron chi connectivity index (χ3n) is 2.96. The van der Waals surface area contributed by atoms with Crippen molar-refractivity contribution in [3.63, 3.8) is 0 Å². The fraction of sp³-hybridized carbons (Fsp3) is 0.833. The number of rotatable bonds is 6. The second-order valence-corrected chi connectivity index (χ2v) is 6.31. The maximum Gasteiger partial charge on any atom is 0.0447 e. The van der Waals surface area contributed by atoms with Crippen LogP contribution in [0.1, 0.15) is 32.6 Å². The monoisotopic (exact) mass is 229 g/mol. The maximum absolute atomic E-state index is 11.4. The molecule has 0 aliphatic carbocycles. The van der Waals surface area contributed by atoms with Crippen LogP contribution in [0.15, 0.2) is 12.7 Å². The van der Waals surface area contributed by atoms with Gasteiger partial charge in [0, 0.05) is 34.9 Å². The highest BCUT2D eigenvalue weighted by Crippen LogP contribution is 2.10. The van der Waals surface area contributed by atoms with Crippen molar-refractivity contribution in [2.24, 2.45) is 0 Å². The minimum absolute atomic E-state index is 0.368. The molecule has 0 aromatic rings. The van der Waals surface area contributed by atoms with Crippen molar-refractivity contribution in [3.8, 4) is 0 Å². The molecule has 0 spiro atoms.